The Labute approximate surface area is 173 Å². The smallest absolute Gasteiger partial charge is 0.264 e. The molecule has 0 spiro atoms. The van der Waals surface area contributed by atoms with Crippen LogP contribution in [0.25, 0.3) is 21.1 Å². The maximum Gasteiger partial charge on any atom is 0.264 e. The molecule has 0 aliphatic carbocycles. The van der Waals surface area contributed by atoms with Crippen molar-refractivity contribution in [2.75, 3.05) is 5.32 Å². The first-order valence-corrected chi connectivity index (χ1v) is 10.9. The Kier molecular flexibility index (Phi) is 4.32. The van der Waals surface area contributed by atoms with Gasteiger partial charge in [-0.05, 0) is 70.0 Å². The minimum absolute atomic E-state index is 0.126. The largest absolute Gasteiger partial charge is 0.359 e. The second kappa shape index (κ2) is 6.88. The number of thiophene rings is 1. The third-order valence-corrected chi connectivity index (χ3v) is 6.99. The number of benzene rings is 1. The van der Waals surface area contributed by atoms with Gasteiger partial charge in [0.2, 0.25) is 0 Å². The number of amides is 1. The van der Waals surface area contributed by atoms with Crippen molar-refractivity contribution >= 4 is 49.7 Å². The van der Waals surface area contributed by atoms with Gasteiger partial charge in [-0.2, -0.15) is 0 Å². The molecule has 2 atom stereocenters. The maximum atomic E-state index is 13.1. The monoisotopic (exact) mass is 404 g/mol. The third kappa shape index (κ3) is 3.17. The zero-order valence-corrected chi connectivity index (χ0v) is 17.6. The Balaban J connectivity index is 1.49. The Morgan fingerprint density at radius 2 is 1.97 bits per heavy atom. The number of hydrogen-bond acceptors (Lipinski definition) is 4. The second-order valence-corrected chi connectivity index (χ2v) is 9.10. The molecule has 2 unspecified atom stereocenters. The molecule has 1 aliphatic rings. The first kappa shape index (κ1) is 18.2. The topological polar surface area (TPSA) is 61.0 Å². The van der Waals surface area contributed by atoms with Gasteiger partial charge in [0.25, 0.3) is 5.91 Å². The predicted octanol–water partition coefficient (Wildman–Crippen LogP) is 5.84. The van der Waals surface area contributed by atoms with E-state index in [1.807, 2.05) is 17.0 Å². The molecule has 4 aromatic rings. The fourth-order valence-corrected chi connectivity index (χ4v) is 5.40. The van der Waals surface area contributed by atoms with Crippen molar-refractivity contribution in [1.82, 2.24) is 14.9 Å². The van der Waals surface area contributed by atoms with E-state index in [9.17, 15) is 4.79 Å². The lowest BCUT2D eigenvalue weighted by Crippen LogP contribution is -2.38. The third-order valence-electron chi connectivity index (χ3n) is 5.84. The van der Waals surface area contributed by atoms with E-state index in [2.05, 4.69) is 60.3 Å². The minimum atomic E-state index is 0.126. The molecule has 3 aromatic heterocycles. The highest BCUT2D eigenvalue weighted by Gasteiger charge is 2.32. The molecule has 1 aromatic carbocycles. The highest BCUT2D eigenvalue weighted by Crippen LogP contribution is 2.35. The van der Waals surface area contributed by atoms with E-state index in [1.54, 1.807) is 6.20 Å². The number of likely N-dealkylation sites (tertiary alicyclic amines) is 1. The molecule has 4 heterocycles. The Morgan fingerprint density at radius 1 is 1.17 bits per heavy atom. The molecule has 5 rings (SSSR count). The molecule has 2 N–H and O–H groups in total. The van der Waals surface area contributed by atoms with E-state index in [4.69, 9.17) is 0 Å². The zero-order valence-electron chi connectivity index (χ0n) is 16.8. The molecule has 0 saturated carbocycles. The Hall–Kier alpha value is -2.86. The van der Waals surface area contributed by atoms with Crippen molar-refractivity contribution in [2.24, 2.45) is 0 Å². The molecule has 1 amide bonds. The van der Waals surface area contributed by atoms with Crippen molar-refractivity contribution in [1.29, 1.82) is 0 Å². The number of aromatic amines is 1. The number of nitrogens with one attached hydrogen (secondary N) is 2. The van der Waals surface area contributed by atoms with E-state index in [1.165, 1.54) is 16.7 Å². The number of carbonyl (C=O) groups excluding carboxylic acids is 1. The molecular weight excluding hydrogens is 380 g/mol. The van der Waals surface area contributed by atoms with Gasteiger partial charge in [0.15, 0.2) is 0 Å². The summed E-state index contributed by atoms with van der Waals surface area (Å²) in [4.78, 5) is 23.8. The van der Waals surface area contributed by atoms with Crippen molar-refractivity contribution in [2.45, 2.75) is 45.7 Å². The molecule has 0 bridgehead atoms. The summed E-state index contributed by atoms with van der Waals surface area (Å²) in [6, 6.07) is 12.9. The highest BCUT2D eigenvalue weighted by atomic mass is 32.1. The predicted molar refractivity (Wildman–Crippen MR) is 120 cm³/mol. The summed E-state index contributed by atoms with van der Waals surface area (Å²) in [7, 11) is 0. The molecule has 6 heteroatoms. The lowest BCUT2D eigenvalue weighted by molar-refractivity contribution is 0.0698. The van der Waals surface area contributed by atoms with E-state index in [-0.39, 0.29) is 5.91 Å². The molecule has 1 saturated heterocycles. The molecular formula is C23H24N4OS. The van der Waals surface area contributed by atoms with Crippen LogP contribution in [0.3, 0.4) is 0 Å². The number of pyridine rings is 1. The van der Waals surface area contributed by atoms with Gasteiger partial charge in [-0.1, -0.05) is 0 Å². The van der Waals surface area contributed by atoms with Gasteiger partial charge < -0.3 is 15.2 Å². The number of fused-ring (bicyclic) bond motifs is 2. The minimum Gasteiger partial charge on any atom is -0.359 e. The number of rotatable bonds is 3. The molecule has 1 aliphatic heterocycles. The number of nitrogens with zero attached hydrogens (tertiary/aromatic N) is 2. The summed E-state index contributed by atoms with van der Waals surface area (Å²) in [6.07, 6.45) is 3.94. The van der Waals surface area contributed by atoms with E-state index >= 15 is 0 Å². The first-order chi connectivity index (χ1) is 14.0. The summed E-state index contributed by atoms with van der Waals surface area (Å²) in [6.45, 7) is 6.34. The number of aromatic nitrogens is 2. The van der Waals surface area contributed by atoms with Gasteiger partial charge >= 0.3 is 0 Å². The maximum absolute atomic E-state index is 13.1. The standard InChI is InChI=1S/C23H24N4OS/c1-13-10-16-11-17(6-7-18(16)25-13)26-19-8-9-24-20-12-21(29-22(19)20)23(28)27-14(2)4-5-15(27)3/h6-12,14-15,25H,4-5H2,1-3H3,(H,24,26). The van der Waals surface area contributed by atoms with Gasteiger partial charge in [-0.3, -0.25) is 9.78 Å². The number of aryl methyl sites for hydroxylation is 1. The van der Waals surface area contributed by atoms with Crippen molar-refractivity contribution in [3.63, 3.8) is 0 Å². The van der Waals surface area contributed by atoms with Gasteiger partial charge in [0, 0.05) is 40.6 Å². The number of hydrogen-bond donors (Lipinski definition) is 2. The van der Waals surface area contributed by atoms with Crippen LogP contribution in [0, 0.1) is 6.92 Å². The first-order valence-electron chi connectivity index (χ1n) is 10.1. The molecule has 29 heavy (non-hydrogen) atoms. The van der Waals surface area contributed by atoms with Crippen LogP contribution in [0.1, 0.15) is 42.1 Å². The number of carbonyl (C=O) groups is 1. The summed E-state index contributed by atoms with van der Waals surface area (Å²) in [5, 5.41) is 4.70. The summed E-state index contributed by atoms with van der Waals surface area (Å²) >= 11 is 1.53. The summed E-state index contributed by atoms with van der Waals surface area (Å²) < 4.78 is 1.01. The average molecular weight is 405 g/mol. The Morgan fingerprint density at radius 3 is 2.76 bits per heavy atom. The second-order valence-electron chi connectivity index (χ2n) is 8.05. The van der Waals surface area contributed by atoms with Crippen LogP contribution >= 0.6 is 11.3 Å². The SMILES string of the molecule is Cc1cc2cc(Nc3ccnc4cc(C(=O)N5C(C)CCC5C)sc34)ccc2[nH]1. The van der Waals surface area contributed by atoms with E-state index in [0.29, 0.717) is 12.1 Å². The molecule has 148 valence electrons. The van der Waals surface area contributed by atoms with E-state index in [0.717, 1.165) is 50.5 Å². The molecule has 5 nitrogen and oxygen atoms in total. The number of H-pyrrole nitrogens is 1. The van der Waals surface area contributed by atoms with Crippen LogP contribution in [-0.2, 0) is 0 Å². The quantitative estimate of drug-likeness (QED) is 0.451. The van der Waals surface area contributed by atoms with Crippen LogP contribution in [0.15, 0.2) is 42.6 Å². The zero-order chi connectivity index (χ0) is 20.1. The van der Waals surface area contributed by atoms with Crippen LogP contribution in [-0.4, -0.2) is 32.9 Å². The fraction of sp³-hybridized carbons (Fsp3) is 0.304. The fourth-order valence-electron chi connectivity index (χ4n) is 4.38. The van der Waals surface area contributed by atoms with Crippen LogP contribution < -0.4 is 5.32 Å². The molecule has 0 radical (unpaired) electrons. The summed E-state index contributed by atoms with van der Waals surface area (Å²) in [5.41, 5.74) is 5.14. The highest BCUT2D eigenvalue weighted by molar-refractivity contribution is 7.21. The van der Waals surface area contributed by atoms with Crippen LogP contribution in [0.4, 0.5) is 11.4 Å². The van der Waals surface area contributed by atoms with Crippen LogP contribution in [0.5, 0.6) is 0 Å². The van der Waals surface area contributed by atoms with Crippen molar-refractivity contribution in [3.8, 4) is 0 Å². The van der Waals surface area contributed by atoms with Gasteiger partial charge in [-0.15, -0.1) is 11.3 Å². The normalized spacial score (nSPS) is 19.3. The lowest BCUT2D eigenvalue weighted by atomic mass is 10.2. The van der Waals surface area contributed by atoms with E-state index < -0.39 is 0 Å². The van der Waals surface area contributed by atoms with Gasteiger partial charge in [-0.25, -0.2) is 0 Å². The Bertz CT molecular complexity index is 1210. The van der Waals surface area contributed by atoms with Crippen LogP contribution in [0.2, 0.25) is 0 Å². The van der Waals surface area contributed by atoms with Crippen molar-refractivity contribution in [3.05, 3.63) is 53.2 Å². The number of anilines is 2. The molecule has 1 fully saturated rings. The van der Waals surface area contributed by atoms with Gasteiger partial charge in [0.05, 0.1) is 20.8 Å². The average Bonchev–Trinajstić information content (AvgIpc) is 3.37. The summed E-state index contributed by atoms with van der Waals surface area (Å²) in [5.74, 6) is 0.126. The van der Waals surface area contributed by atoms with Crippen molar-refractivity contribution < 1.29 is 4.79 Å². The van der Waals surface area contributed by atoms with Gasteiger partial charge in [0.1, 0.15) is 0 Å². The lowest BCUT2D eigenvalue weighted by Gasteiger charge is -2.25.